The van der Waals surface area contributed by atoms with Crippen LogP contribution in [0.1, 0.15) is 28.4 Å². The minimum Gasteiger partial charge on any atom is -0.497 e. The minimum absolute atomic E-state index is 0.00864. The molecule has 0 aliphatic heterocycles. The summed E-state index contributed by atoms with van der Waals surface area (Å²) in [6, 6.07) is 8.76. The highest BCUT2D eigenvalue weighted by molar-refractivity contribution is 7.89. The maximum Gasteiger partial charge on any atom is 0.269 e. The van der Waals surface area contributed by atoms with Gasteiger partial charge in [-0.05, 0) is 29.8 Å². The molecule has 0 saturated heterocycles. The highest BCUT2D eigenvalue weighted by Crippen LogP contribution is 2.34. The van der Waals surface area contributed by atoms with Crippen LogP contribution >= 0.6 is 0 Å². The average molecular weight is 362 g/mol. The molecule has 2 aromatic carbocycles. The summed E-state index contributed by atoms with van der Waals surface area (Å²) in [4.78, 5) is 22.1. The molecule has 2 aromatic rings. The molecule has 0 amide bonds. The number of hydrogen-bond donors (Lipinski definition) is 1. The van der Waals surface area contributed by atoms with Crippen LogP contribution in [-0.2, 0) is 10.0 Å². The number of fused-ring (bicyclic) bond motifs is 1. The molecule has 9 heteroatoms. The van der Waals surface area contributed by atoms with E-state index in [9.17, 15) is 23.3 Å². The Balaban J connectivity index is 1.87. The largest absolute Gasteiger partial charge is 0.497 e. The number of hydrogen-bond acceptors (Lipinski definition) is 6. The number of Topliss-reactive ketones (excluding diaryl/α,β-unsaturated/α-hetero) is 1. The number of nitro groups is 1. The summed E-state index contributed by atoms with van der Waals surface area (Å²) in [6.45, 7) is 0. The number of methoxy groups -OCH3 is 1. The Bertz CT molecular complexity index is 953. The number of ether oxygens (including phenoxy) is 1. The second-order valence-corrected chi connectivity index (χ2v) is 7.22. The zero-order valence-electron chi connectivity index (χ0n) is 13.1. The van der Waals surface area contributed by atoms with Crippen LogP contribution < -0.4 is 9.46 Å². The quantitative estimate of drug-likeness (QED) is 0.644. The van der Waals surface area contributed by atoms with E-state index in [4.69, 9.17) is 4.74 Å². The summed E-state index contributed by atoms with van der Waals surface area (Å²) < 4.78 is 32.5. The third kappa shape index (κ3) is 3.24. The van der Waals surface area contributed by atoms with Gasteiger partial charge in [-0.3, -0.25) is 14.9 Å². The van der Waals surface area contributed by atoms with Crippen molar-refractivity contribution in [1.29, 1.82) is 0 Å². The van der Waals surface area contributed by atoms with E-state index >= 15 is 0 Å². The summed E-state index contributed by atoms with van der Waals surface area (Å²) >= 11 is 0. The number of benzene rings is 2. The van der Waals surface area contributed by atoms with Crippen LogP contribution in [0.25, 0.3) is 0 Å². The van der Waals surface area contributed by atoms with Crippen LogP contribution in [0.3, 0.4) is 0 Å². The maximum atomic E-state index is 12.5. The topological polar surface area (TPSA) is 116 Å². The summed E-state index contributed by atoms with van der Waals surface area (Å²) in [6.07, 6.45) is 0.00864. The molecule has 1 aliphatic rings. The molecule has 3 rings (SSSR count). The molecule has 0 heterocycles. The van der Waals surface area contributed by atoms with Gasteiger partial charge in [0.25, 0.3) is 5.69 Å². The molecular formula is C16H14N2O6S. The molecule has 0 saturated carbocycles. The van der Waals surface area contributed by atoms with E-state index < -0.39 is 21.0 Å². The average Bonchev–Trinajstić information content (AvgIpc) is 2.89. The Kier molecular flexibility index (Phi) is 4.27. The monoisotopic (exact) mass is 362 g/mol. The van der Waals surface area contributed by atoms with Gasteiger partial charge in [0.1, 0.15) is 5.75 Å². The second kappa shape index (κ2) is 6.26. The SMILES string of the molecule is COc1ccc2c(c1)C(=O)C[C@H]2NS(=O)(=O)c1ccc([N+](=O)[O-])cc1. The van der Waals surface area contributed by atoms with Crippen molar-refractivity contribution < 1.29 is 22.9 Å². The predicted molar refractivity (Wildman–Crippen MR) is 88.1 cm³/mol. The third-order valence-electron chi connectivity index (χ3n) is 3.98. The molecule has 1 N–H and O–H groups in total. The van der Waals surface area contributed by atoms with E-state index in [0.717, 1.165) is 24.3 Å². The molecule has 130 valence electrons. The molecule has 1 aliphatic carbocycles. The van der Waals surface area contributed by atoms with E-state index in [1.54, 1.807) is 18.2 Å². The number of nitrogens with one attached hydrogen (secondary N) is 1. The van der Waals surface area contributed by atoms with Gasteiger partial charge >= 0.3 is 0 Å². The van der Waals surface area contributed by atoms with Crippen molar-refractivity contribution in [1.82, 2.24) is 4.72 Å². The van der Waals surface area contributed by atoms with E-state index in [1.165, 1.54) is 7.11 Å². The molecule has 25 heavy (non-hydrogen) atoms. The van der Waals surface area contributed by atoms with E-state index in [2.05, 4.69) is 4.72 Å². The minimum atomic E-state index is -3.92. The van der Waals surface area contributed by atoms with Crippen molar-refractivity contribution in [2.45, 2.75) is 17.4 Å². The Labute approximate surface area is 143 Å². The van der Waals surface area contributed by atoms with Crippen LogP contribution in [-0.4, -0.2) is 26.2 Å². The molecule has 0 radical (unpaired) electrons. The zero-order chi connectivity index (χ0) is 18.2. The Hall–Kier alpha value is -2.78. The van der Waals surface area contributed by atoms with Crippen molar-refractivity contribution in [3.05, 3.63) is 63.7 Å². The summed E-state index contributed by atoms with van der Waals surface area (Å²) in [7, 11) is -2.44. The zero-order valence-corrected chi connectivity index (χ0v) is 13.9. The first-order valence-corrected chi connectivity index (χ1v) is 8.78. The number of carbonyl (C=O) groups is 1. The number of ketones is 1. The number of nitro benzene ring substituents is 1. The Morgan fingerprint density at radius 3 is 2.48 bits per heavy atom. The first-order valence-electron chi connectivity index (χ1n) is 7.30. The summed E-state index contributed by atoms with van der Waals surface area (Å²) in [5, 5.41) is 10.7. The lowest BCUT2D eigenvalue weighted by Crippen LogP contribution is -2.27. The summed E-state index contributed by atoms with van der Waals surface area (Å²) in [5.41, 5.74) is 0.805. The maximum absolute atomic E-state index is 12.5. The molecule has 8 nitrogen and oxygen atoms in total. The Morgan fingerprint density at radius 1 is 1.20 bits per heavy atom. The van der Waals surface area contributed by atoms with Crippen molar-refractivity contribution in [2.75, 3.05) is 7.11 Å². The van der Waals surface area contributed by atoms with Gasteiger partial charge in [0.2, 0.25) is 10.0 Å². The lowest BCUT2D eigenvalue weighted by atomic mass is 10.1. The normalized spacial score (nSPS) is 16.5. The summed E-state index contributed by atoms with van der Waals surface area (Å²) in [5.74, 6) is 0.344. The smallest absolute Gasteiger partial charge is 0.269 e. The van der Waals surface area contributed by atoms with Crippen molar-refractivity contribution in [3.8, 4) is 5.75 Å². The fraction of sp³-hybridized carbons (Fsp3) is 0.188. The van der Waals surface area contributed by atoms with Crippen LogP contribution in [0.4, 0.5) is 5.69 Å². The molecular weight excluding hydrogens is 348 g/mol. The van der Waals surface area contributed by atoms with E-state index in [1.807, 2.05) is 0 Å². The van der Waals surface area contributed by atoms with Gasteiger partial charge < -0.3 is 4.74 Å². The van der Waals surface area contributed by atoms with Crippen LogP contribution in [0.2, 0.25) is 0 Å². The van der Waals surface area contributed by atoms with Gasteiger partial charge in [-0.2, -0.15) is 0 Å². The Morgan fingerprint density at radius 2 is 1.88 bits per heavy atom. The molecule has 0 bridgehead atoms. The van der Waals surface area contributed by atoms with Crippen LogP contribution in [0, 0.1) is 10.1 Å². The van der Waals surface area contributed by atoms with Gasteiger partial charge in [-0.15, -0.1) is 0 Å². The first kappa shape index (κ1) is 17.1. The highest BCUT2D eigenvalue weighted by atomic mass is 32.2. The van der Waals surface area contributed by atoms with Gasteiger partial charge in [-0.1, -0.05) is 6.07 Å². The van der Waals surface area contributed by atoms with Crippen LogP contribution in [0.5, 0.6) is 5.75 Å². The first-order chi connectivity index (χ1) is 11.8. The predicted octanol–water partition coefficient (Wildman–Crippen LogP) is 2.21. The fourth-order valence-electron chi connectivity index (χ4n) is 2.72. The van der Waals surface area contributed by atoms with Gasteiger partial charge in [0, 0.05) is 24.1 Å². The number of rotatable bonds is 5. The second-order valence-electron chi connectivity index (χ2n) is 5.51. The molecule has 0 fully saturated rings. The van der Waals surface area contributed by atoms with Crippen LogP contribution in [0.15, 0.2) is 47.4 Å². The standard InChI is InChI=1S/C16H14N2O6S/c1-24-11-4-7-13-14(8-11)16(19)9-15(13)17-25(22,23)12-5-2-10(3-6-12)18(20)21/h2-8,15,17H,9H2,1H3/t15-/m1/s1. The molecule has 0 aromatic heterocycles. The van der Waals surface area contributed by atoms with E-state index in [-0.39, 0.29) is 22.8 Å². The third-order valence-corrected chi connectivity index (χ3v) is 5.47. The van der Waals surface area contributed by atoms with Gasteiger partial charge in [0.05, 0.1) is 23.0 Å². The van der Waals surface area contributed by atoms with E-state index in [0.29, 0.717) is 16.9 Å². The van der Waals surface area contributed by atoms with Crippen molar-refractivity contribution >= 4 is 21.5 Å². The lowest BCUT2D eigenvalue weighted by molar-refractivity contribution is -0.384. The van der Waals surface area contributed by atoms with Gasteiger partial charge in [0.15, 0.2) is 5.78 Å². The van der Waals surface area contributed by atoms with Crippen molar-refractivity contribution in [3.63, 3.8) is 0 Å². The van der Waals surface area contributed by atoms with Crippen molar-refractivity contribution in [2.24, 2.45) is 0 Å². The lowest BCUT2D eigenvalue weighted by Gasteiger charge is -2.14. The molecule has 0 spiro atoms. The molecule has 0 unspecified atom stereocenters. The molecule has 1 atom stereocenters. The number of nitrogens with zero attached hydrogens (tertiary/aromatic N) is 1. The fourth-order valence-corrected chi connectivity index (χ4v) is 3.94. The highest BCUT2D eigenvalue weighted by Gasteiger charge is 2.33. The number of non-ortho nitro benzene ring substituents is 1. The number of sulfonamides is 1. The number of carbonyl (C=O) groups excluding carboxylic acids is 1. The van der Waals surface area contributed by atoms with Gasteiger partial charge in [-0.25, -0.2) is 13.1 Å².